The van der Waals surface area contributed by atoms with E-state index in [9.17, 15) is 0 Å². The monoisotopic (exact) mass is 561 g/mol. The molecule has 1 aromatic heterocycles. The van der Waals surface area contributed by atoms with Crippen molar-refractivity contribution in [1.82, 2.24) is 20.5 Å². The summed E-state index contributed by atoms with van der Waals surface area (Å²) in [6.07, 6.45) is 9.31. The molecule has 2 heterocycles. The van der Waals surface area contributed by atoms with Crippen LogP contribution in [0, 0.1) is 18.3 Å². The predicted octanol–water partition coefficient (Wildman–Crippen LogP) is 4.18. The highest BCUT2D eigenvalue weighted by Gasteiger charge is 2.56. The SMILES string of the molecule is CCOC1CC(NC(=NC)NCC2CCN(Cc3csc(C)n3)CC2)C12CCCC2.I. The molecule has 1 saturated heterocycles. The maximum atomic E-state index is 6.06. The van der Waals surface area contributed by atoms with Crippen molar-refractivity contribution in [3.8, 4) is 0 Å². The molecule has 2 saturated carbocycles. The Morgan fingerprint density at radius 1 is 1.32 bits per heavy atom. The predicted molar refractivity (Wildman–Crippen MR) is 139 cm³/mol. The van der Waals surface area contributed by atoms with Crippen LogP contribution in [0.2, 0.25) is 0 Å². The molecular formula is C23H40IN5OS. The van der Waals surface area contributed by atoms with Gasteiger partial charge in [-0.25, -0.2) is 4.98 Å². The summed E-state index contributed by atoms with van der Waals surface area (Å²) in [6.45, 7) is 9.37. The molecule has 3 fully saturated rings. The third-order valence-electron chi connectivity index (χ3n) is 7.54. The van der Waals surface area contributed by atoms with Crippen molar-refractivity contribution in [3.05, 3.63) is 16.1 Å². The number of likely N-dealkylation sites (tertiary alicyclic amines) is 1. The standard InChI is InChI=1S/C23H39N5OS.HI/c1-4-29-21-13-20(23(21)9-5-6-10-23)27-22(24-3)25-14-18-7-11-28(12-8-18)15-19-16-30-17(2)26-19;/h16,18,20-21H,4-15H2,1-3H3,(H2,24,25,27);1H. The number of aliphatic imine (C=N–C) groups is 1. The second-order valence-electron chi connectivity index (χ2n) is 9.35. The van der Waals surface area contributed by atoms with Crippen molar-refractivity contribution in [2.75, 3.05) is 33.3 Å². The second-order valence-corrected chi connectivity index (χ2v) is 10.4. The molecule has 176 valence electrons. The maximum Gasteiger partial charge on any atom is 0.191 e. The Hall–Kier alpha value is -0.450. The number of nitrogens with one attached hydrogen (secondary N) is 2. The van der Waals surface area contributed by atoms with Gasteiger partial charge in [0.15, 0.2) is 5.96 Å². The fourth-order valence-corrected chi connectivity index (χ4v) is 6.35. The van der Waals surface area contributed by atoms with Crippen molar-refractivity contribution in [2.24, 2.45) is 16.3 Å². The molecule has 2 N–H and O–H groups in total. The minimum Gasteiger partial charge on any atom is -0.378 e. The molecule has 8 heteroatoms. The highest BCUT2D eigenvalue weighted by atomic mass is 127. The van der Waals surface area contributed by atoms with Crippen molar-refractivity contribution in [1.29, 1.82) is 0 Å². The van der Waals surface area contributed by atoms with Crippen LogP contribution < -0.4 is 10.6 Å². The first-order valence-corrected chi connectivity index (χ1v) is 12.7. The number of aryl methyl sites for hydroxylation is 1. The smallest absolute Gasteiger partial charge is 0.191 e. The zero-order valence-corrected chi connectivity index (χ0v) is 22.5. The number of ether oxygens (including phenoxy) is 1. The molecule has 4 rings (SSSR count). The molecule has 1 aliphatic heterocycles. The highest BCUT2D eigenvalue weighted by Crippen LogP contribution is 2.54. The van der Waals surface area contributed by atoms with Crippen molar-refractivity contribution >= 4 is 41.3 Å². The van der Waals surface area contributed by atoms with Crippen LogP contribution >= 0.6 is 35.3 Å². The van der Waals surface area contributed by atoms with Gasteiger partial charge in [-0.15, -0.1) is 35.3 Å². The molecule has 31 heavy (non-hydrogen) atoms. The Morgan fingerprint density at radius 3 is 2.68 bits per heavy atom. The summed E-state index contributed by atoms with van der Waals surface area (Å²) in [4.78, 5) is 11.7. The van der Waals surface area contributed by atoms with E-state index in [2.05, 4.69) is 44.7 Å². The first kappa shape index (κ1) is 25.2. The van der Waals surface area contributed by atoms with E-state index in [1.807, 2.05) is 7.05 Å². The summed E-state index contributed by atoms with van der Waals surface area (Å²) in [5.74, 6) is 1.69. The zero-order valence-electron chi connectivity index (χ0n) is 19.4. The number of hydrogen-bond acceptors (Lipinski definition) is 5. The molecule has 6 nitrogen and oxygen atoms in total. The van der Waals surface area contributed by atoms with Gasteiger partial charge < -0.3 is 15.4 Å². The Kier molecular flexibility index (Phi) is 9.43. The van der Waals surface area contributed by atoms with Gasteiger partial charge in [0.25, 0.3) is 0 Å². The maximum absolute atomic E-state index is 6.06. The largest absolute Gasteiger partial charge is 0.378 e. The summed E-state index contributed by atoms with van der Waals surface area (Å²) in [6, 6.07) is 0.506. The van der Waals surface area contributed by atoms with Crippen LogP contribution in [0.5, 0.6) is 0 Å². The van der Waals surface area contributed by atoms with Gasteiger partial charge in [-0.05, 0) is 65.0 Å². The number of nitrogens with zero attached hydrogens (tertiary/aromatic N) is 3. The minimum absolute atomic E-state index is 0. The van der Waals surface area contributed by atoms with Crippen LogP contribution in [0.4, 0.5) is 0 Å². The molecule has 3 aliphatic rings. The van der Waals surface area contributed by atoms with Gasteiger partial charge in [-0.3, -0.25) is 9.89 Å². The molecule has 0 amide bonds. The Labute approximate surface area is 209 Å². The molecular weight excluding hydrogens is 521 g/mol. The van der Waals surface area contributed by atoms with Gasteiger partial charge in [0.1, 0.15) is 0 Å². The van der Waals surface area contributed by atoms with E-state index in [1.54, 1.807) is 11.3 Å². The van der Waals surface area contributed by atoms with Gasteiger partial charge in [-0.1, -0.05) is 12.8 Å². The Morgan fingerprint density at radius 2 is 2.06 bits per heavy atom. The normalized spacial score (nSPS) is 26.5. The van der Waals surface area contributed by atoms with Gasteiger partial charge in [-0.2, -0.15) is 0 Å². The zero-order chi connectivity index (χ0) is 21.0. The lowest BCUT2D eigenvalue weighted by Gasteiger charge is -2.54. The van der Waals surface area contributed by atoms with Crippen LogP contribution in [-0.2, 0) is 11.3 Å². The van der Waals surface area contributed by atoms with E-state index in [0.29, 0.717) is 17.6 Å². The molecule has 2 unspecified atom stereocenters. The number of halogens is 1. The van der Waals surface area contributed by atoms with Gasteiger partial charge in [0.2, 0.25) is 0 Å². The van der Waals surface area contributed by atoms with E-state index in [4.69, 9.17) is 4.74 Å². The molecule has 1 spiro atoms. The summed E-state index contributed by atoms with van der Waals surface area (Å²) in [5.41, 5.74) is 1.57. The highest BCUT2D eigenvalue weighted by molar-refractivity contribution is 14.0. The number of guanidine groups is 1. The van der Waals surface area contributed by atoms with Crippen LogP contribution in [0.1, 0.15) is 62.6 Å². The first-order valence-electron chi connectivity index (χ1n) is 11.8. The summed E-state index contributed by atoms with van der Waals surface area (Å²) in [5, 5.41) is 10.7. The lowest BCUT2D eigenvalue weighted by atomic mass is 9.60. The van der Waals surface area contributed by atoms with Crippen LogP contribution in [0.25, 0.3) is 0 Å². The number of aromatic nitrogens is 1. The fraction of sp³-hybridized carbons (Fsp3) is 0.826. The first-order chi connectivity index (χ1) is 14.6. The third-order valence-corrected chi connectivity index (χ3v) is 8.36. The van der Waals surface area contributed by atoms with Crippen LogP contribution in [-0.4, -0.2) is 61.3 Å². The number of hydrogen-bond donors (Lipinski definition) is 2. The van der Waals surface area contributed by atoms with Crippen LogP contribution in [0.15, 0.2) is 10.4 Å². The second kappa shape index (κ2) is 11.6. The summed E-state index contributed by atoms with van der Waals surface area (Å²) >= 11 is 1.75. The van der Waals surface area contributed by atoms with Crippen molar-refractivity contribution in [2.45, 2.75) is 77.5 Å². The van der Waals surface area contributed by atoms with E-state index in [-0.39, 0.29) is 24.0 Å². The van der Waals surface area contributed by atoms with E-state index in [1.165, 1.54) is 49.2 Å². The fourth-order valence-electron chi connectivity index (χ4n) is 5.75. The molecule has 2 aliphatic carbocycles. The van der Waals surface area contributed by atoms with Gasteiger partial charge >= 0.3 is 0 Å². The molecule has 1 aromatic rings. The minimum atomic E-state index is 0. The van der Waals surface area contributed by atoms with Crippen LogP contribution in [0.3, 0.4) is 0 Å². The Bertz CT molecular complexity index is 713. The van der Waals surface area contributed by atoms with Gasteiger partial charge in [0, 0.05) is 43.6 Å². The molecule has 0 radical (unpaired) electrons. The topological polar surface area (TPSA) is 61.8 Å². The lowest BCUT2D eigenvalue weighted by molar-refractivity contribution is -0.125. The Balaban J connectivity index is 0.00000272. The molecule has 0 bridgehead atoms. The molecule has 0 aromatic carbocycles. The van der Waals surface area contributed by atoms with Gasteiger partial charge in [0.05, 0.1) is 16.8 Å². The van der Waals surface area contributed by atoms with Crippen molar-refractivity contribution in [3.63, 3.8) is 0 Å². The summed E-state index contributed by atoms with van der Waals surface area (Å²) in [7, 11) is 1.90. The number of rotatable bonds is 7. The van der Waals surface area contributed by atoms with Crippen molar-refractivity contribution < 1.29 is 4.74 Å². The quantitative estimate of drug-likeness (QED) is 0.297. The average molecular weight is 562 g/mol. The average Bonchev–Trinajstić information content (AvgIpc) is 3.42. The number of thiazole rings is 1. The van der Waals surface area contributed by atoms with E-state index < -0.39 is 0 Å². The van der Waals surface area contributed by atoms with E-state index in [0.717, 1.165) is 51.1 Å². The molecule has 2 atom stereocenters. The lowest BCUT2D eigenvalue weighted by Crippen LogP contribution is -2.65. The summed E-state index contributed by atoms with van der Waals surface area (Å²) < 4.78 is 6.06. The number of piperidine rings is 1. The van der Waals surface area contributed by atoms with E-state index >= 15 is 0 Å². The third kappa shape index (κ3) is 5.92.